The molecule has 0 aliphatic carbocycles. The zero-order valence-electron chi connectivity index (χ0n) is 8.36. The molecule has 14 heavy (non-hydrogen) atoms. The molecule has 5 heteroatoms. The van der Waals surface area contributed by atoms with Crippen LogP contribution in [0.1, 0.15) is 12.5 Å². The fourth-order valence-corrected chi connectivity index (χ4v) is 1.76. The quantitative estimate of drug-likeness (QED) is 0.547. The van der Waals surface area contributed by atoms with Crippen molar-refractivity contribution in [3.8, 4) is 0 Å². The number of nitrogens with zero attached hydrogens (tertiary/aromatic N) is 3. The molecule has 0 bridgehead atoms. The van der Waals surface area contributed by atoms with Gasteiger partial charge in [0, 0.05) is 18.3 Å². The molecule has 4 nitrogen and oxygen atoms in total. The van der Waals surface area contributed by atoms with E-state index < -0.39 is 0 Å². The smallest absolute Gasteiger partial charge is 0.189 e. The van der Waals surface area contributed by atoms with E-state index in [-0.39, 0.29) is 0 Å². The summed E-state index contributed by atoms with van der Waals surface area (Å²) < 4.78 is 5.41. The van der Waals surface area contributed by atoms with Gasteiger partial charge in [-0.1, -0.05) is 11.8 Å². The number of ether oxygens (including phenoxy) is 1. The Bertz CT molecular complexity index is 332. The summed E-state index contributed by atoms with van der Waals surface area (Å²) in [6.45, 7) is 4.27. The lowest BCUT2D eigenvalue weighted by Gasteiger charge is -2.28. The average molecular weight is 211 g/mol. The van der Waals surface area contributed by atoms with E-state index in [4.69, 9.17) is 4.74 Å². The van der Waals surface area contributed by atoms with Crippen molar-refractivity contribution in [1.82, 2.24) is 9.97 Å². The largest absolute Gasteiger partial charge is 0.356 e. The average Bonchev–Trinajstić information content (AvgIpc) is 2.27. The van der Waals surface area contributed by atoms with Crippen LogP contribution in [-0.4, -0.2) is 29.5 Å². The first kappa shape index (κ1) is 9.73. The maximum absolute atomic E-state index is 5.41. The van der Waals surface area contributed by atoms with Crippen molar-refractivity contribution < 1.29 is 4.74 Å². The zero-order chi connectivity index (χ0) is 9.97. The number of fused-ring (bicyclic) bond motifs is 1. The minimum absolute atomic E-state index is 0.625. The van der Waals surface area contributed by atoms with Gasteiger partial charge in [0.05, 0.1) is 6.61 Å². The van der Waals surface area contributed by atoms with Gasteiger partial charge in [0.2, 0.25) is 0 Å². The van der Waals surface area contributed by atoms with Crippen molar-refractivity contribution >= 4 is 17.6 Å². The van der Waals surface area contributed by atoms with Crippen LogP contribution in [0.5, 0.6) is 0 Å². The summed E-state index contributed by atoms with van der Waals surface area (Å²) in [5, 5.41) is 0.823. The minimum atomic E-state index is 0.625. The van der Waals surface area contributed by atoms with Crippen LogP contribution < -0.4 is 4.90 Å². The monoisotopic (exact) mass is 211 g/mol. The van der Waals surface area contributed by atoms with Gasteiger partial charge in [0.15, 0.2) is 5.16 Å². The van der Waals surface area contributed by atoms with Gasteiger partial charge >= 0.3 is 0 Å². The van der Waals surface area contributed by atoms with Crippen molar-refractivity contribution in [2.75, 3.05) is 24.4 Å². The Balaban J connectivity index is 2.38. The Kier molecular flexibility index (Phi) is 2.88. The Labute approximate surface area is 87.7 Å². The summed E-state index contributed by atoms with van der Waals surface area (Å²) >= 11 is 1.56. The molecule has 0 saturated carbocycles. The van der Waals surface area contributed by atoms with Gasteiger partial charge in [-0.15, -0.1) is 0 Å². The van der Waals surface area contributed by atoms with Crippen LogP contribution in [0.2, 0.25) is 0 Å². The van der Waals surface area contributed by atoms with Gasteiger partial charge in [0.1, 0.15) is 12.5 Å². The first-order chi connectivity index (χ1) is 6.85. The van der Waals surface area contributed by atoms with Crippen molar-refractivity contribution in [3.05, 3.63) is 11.8 Å². The van der Waals surface area contributed by atoms with Gasteiger partial charge in [-0.3, -0.25) is 0 Å². The molecule has 0 radical (unpaired) electrons. The molecule has 1 aromatic heterocycles. The molecule has 76 valence electrons. The molecule has 0 aromatic carbocycles. The van der Waals surface area contributed by atoms with Crippen LogP contribution in [0.15, 0.2) is 11.4 Å². The van der Waals surface area contributed by atoms with Gasteiger partial charge in [-0.2, -0.15) is 0 Å². The van der Waals surface area contributed by atoms with Crippen LogP contribution in [0.3, 0.4) is 0 Å². The maximum Gasteiger partial charge on any atom is 0.189 e. The third kappa shape index (κ3) is 1.69. The molecule has 1 aromatic rings. The van der Waals surface area contributed by atoms with E-state index in [1.165, 1.54) is 0 Å². The summed E-state index contributed by atoms with van der Waals surface area (Å²) in [5.74, 6) is 1.03. The lowest BCUT2D eigenvalue weighted by molar-refractivity contribution is 0.109. The minimum Gasteiger partial charge on any atom is -0.356 e. The van der Waals surface area contributed by atoms with E-state index in [9.17, 15) is 0 Å². The first-order valence-corrected chi connectivity index (χ1v) is 5.80. The van der Waals surface area contributed by atoms with Crippen molar-refractivity contribution in [3.63, 3.8) is 0 Å². The van der Waals surface area contributed by atoms with E-state index in [2.05, 4.69) is 21.8 Å². The summed E-state index contributed by atoms with van der Waals surface area (Å²) in [5.41, 5.74) is 1.08. The Morgan fingerprint density at radius 3 is 3.21 bits per heavy atom. The number of thioether (sulfide) groups is 1. The molecule has 0 spiro atoms. The SMILES string of the molecule is CCN1COCc2cnc(SC)nc21. The fourth-order valence-electron chi connectivity index (χ4n) is 1.42. The second-order valence-corrected chi connectivity index (χ2v) is 3.81. The highest BCUT2D eigenvalue weighted by Gasteiger charge is 2.18. The van der Waals surface area contributed by atoms with Crippen molar-refractivity contribution in [2.24, 2.45) is 0 Å². The molecule has 1 aliphatic heterocycles. The Hall–Kier alpha value is -0.810. The predicted molar refractivity (Wildman–Crippen MR) is 56.5 cm³/mol. The van der Waals surface area contributed by atoms with Crippen LogP contribution >= 0.6 is 11.8 Å². The topological polar surface area (TPSA) is 38.2 Å². The van der Waals surface area contributed by atoms with E-state index in [1.807, 2.05) is 12.5 Å². The molecule has 0 atom stereocenters. The van der Waals surface area contributed by atoms with Crippen LogP contribution in [0.4, 0.5) is 5.82 Å². The number of hydrogen-bond acceptors (Lipinski definition) is 5. The maximum atomic E-state index is 5.41. The van der Waals surface area contributed by atoms with E-state index in [0.29, 0.717) is 13.3 Å². The summed E-state index contributed by atoms with van der Waals surface area (Å²) in [6.07, 6.45) is 3.84. The zero-order valence-corrected chi connectivity index (χ0v) is 9.17. The summed E-state index contributed by atoms with van der Waals surface area (Å²) in [4.78, 5) is 10.8. The molecule has 0 amide bonds. The lowest BCUT2D eigenvalue weighted by atomic mass is 10.3. The Morgan fingerprint density at radius 2 is 2.50 bits per heavy atom. The first-order valence-electron chi connectivity index (χ1n) is 4.57. The number of hydrogen-bond donors (Lipinski definition) is 0. The molecular formula is C9H13N3OS. The molecule has 0 saturated heterocycles. The van der Waals surface area contributed by atoms with Gasteiger partial charge < -0.3 is 9.64 Å². The highest BCUT2D eigenvalue weighted by Crippen LogP contribution is 2.24. The third-order valence-electron chi connectivity index (χ3n) is 2.19. The lowest BCUT2D eigenvalue weighted by Crippen LogP contribution is -2.31. The van der Waals surface area contributed by atoms with Crippen molar-refractivity contribution in [2.45, 2.75) is 18.7 Å². The van der Waals surface area contributed by atoms with Gasteiger partial charge in [-0.25, -0.2) is 9.97 Å². The predicted octanol–water partition coefficient (Wildman–Crippen LogP) is 1.51. The molecule has 0 fully saturated rings. The number of aromatic nitrogens is 2. The van der Waals surface area contributed by atoms with Crippen LogP contribution in [0.25, 0.3) is 0 Å². The molecule has 0 unspecified atom stereocenters. The number of anilines is 1. The van der Waals surface area contributed by atoms with E-state index in [1.54, 1.807) is 11.8 Å². The molecule has 1 aliphatic rings. The molecule has 2 rings (SSSR count). The summed E-state index contributed by atoms with van der Waals surface area (Å²) in [6, 6.07) is 0. The van der Waals surface area contributed by atoms with Crippen LogP contribution in [-0.2, 0) is 11.3 Å². The second kappa shape index (κ2) is 4.14. The molecular weight excluding hydrogens is 198 g/mol. The van der Waals surface area contributed by atoms with Crippen LogP contribution in [0, 0.1) is 0 Å². The standard InChI is InChI=1S/C9H13N3OS/c1-3-12-6-13-5-7-4-10-9(14-2)11-8(7)12/h4H,3,5-6H2,1-2H3. The highest BCUT2D eigenvalue weighted by molar-refractivity contribution is 7.98. The Morgan fingerprint density at radius 1 is 1.64 bits per heavy atom. The fraction of sp³-hybridized carbons (Fsp3) is 0.556. The summed E-state index contributed by atoms with van der Waals surface area (Å²) in [7, 11) is 0. The van der Waals surface area contributed by atoms with Crippen molar-refractivity contribution in [1.29, 1.82) is 0 Å². The molecule has 0 N–H and O–H groups in total. The normalized spacial score (nSPS) is 15.4. The third-order valence-corrected chi connectivity index (χ3v) is 2.75. The molecule has 2 heterocycles. The number of rotatable bonds is 2. The van der Waals surface area contributed by atoms with E-state index >= 15 is 0 Å². The second-order valence-electron chi connectivity index (χ2n) is 3.04. The highest BCUT2D eigenvalue weighted by atomic mass is 32.2. The van der Waals surface area contributed by atoms with Gasteiger partial charge in [-0.05, 0) is 13.2 Å². The van der Waals surface area contributed by atoms with Gasteiger partial charge in [0.25, 0.3) is 0 Å². The van der Waals surface area contributed by atoms with E-state index in [0.717, 1.165) is 23.1 Å².